The lowest BCUT2D eigenvalue weighted by atomic mass is 10.2. The maximum absolute atomic E-state index is 12.0. The van der Waals surface area contributed by atoms with E-state index in [1.54, 1.807) is 0 Å². The van der Waals surface area contributed by atoms with Gasteiger partial charge in [0.2, 0.25) is 0 Å². The van der Waals surface area contributed by atoms with E-state index < -0.39 is 0 Å². The zero-order chi connectivity index (χ0) is 11.5. The van der Waals surface area contributed by atoms with Gasteiger partial charge in [-0.2, -0.15) is 15.4 Å². The fourth-order valence-electron chi connectivity index (χ4n) is 1.84. The molecule has 16 heavy (non-hydrogen) atoms. The van der Waals surface area contributed by atoms with Crippen LogP contribution in [-0.4, -0.2) is 49.8 Å². The van der Waals surface area contributed by atoms with Crippen LogP contribution in [0.15, 0.2) is 11.4 Å². The number of carbonyl (C=O) groups is 1. The molecule has 1 amide bonds. The molecule has 0 aliphatic carbocycles. The lowest BCUT2D eigenvalue weighted by Crippen LogP contribution is -2.44. The van der Waals surface area contributed by atoms with Crippen LogP contribution in [0.2, 0.25) is 0 Å². The van der Waals surface area contributed by atoms with E-state index in [4.69, 9.17) is 10.9 Å². The van der Waals surface area contributed by atoms with E-state index in [1.165, 1.54) is 11.1 Å². The highest BCUT2D eigenvalue weighted by molar-refractivity contribution is 5.97. The second kappa shape index (κ2) is 4.17. The SMILES string of the molecule is NC(=NO)C1CCCN1C(=O)c1cn[nH]n1. The third-order valence-electron chi connectivity index (χ3n) is 2.60. The fourth-order valence-corrected chi connectivity index (χ4v) is 1.84. The van der Waals surface area contributed by atoms with E-state index in [-0.39, 0.29) is 23.5 Å². The first-order chi connectivity index (χ1) is 7.74. The van der Waals surface area contributed by atoms with Gasteiger partial charge in [-0.3, -0.25) is 4.79 Å². The zero-order valence-electron chi connectivity index (χ0n) is 8.50. The number of aromatic amines is 1. The van der Waals surface area contributed by atoms with Gasteiger partial charge in [0.15, 0.2) is 11.5 Å². The summed E-state index contributed by atoms with van der Waals surface area (Å²) in [5, 5.41) is 21.2. The molecule has 1 saturated heterocycles. The van der Waals surface area contributed by atoms with Crippen molar-refractivity contribution in [1.82, 2.24) is 20.3 Å². The molecule has 2 heterocycles. The van der Waals surface area contributed by atoms with Gasteiger partial charge >= 0.3 is 0 Å². The van der Waals surface area contributed by atoms with Crippen molar-refractivity contribution >= 4 is 11.7 Å². The molecule has 86 valence electrons. The summed E-state index contributed by atoms with van der Waals surface area (Å²) < 4.78 is 0. The van der Waals surface area contributed by atoms with Crippen molar-refractivity contribution in [2.45, 2.75) is 18.9 Å². The van der Waals surface area contributed by atoms with Gasteiger partial charge in [0.25, 0.3) is 5.91 Å². The van der Waals surface area contributed by atoms with Gasteiger partial charge in [-0.15, -0.1) is 0 Å². The number of amidine groups is 1. The third-order valence-corrected chi connectivity index (χ3v) is 2.60. The van der Waals surface area contributed by atoms with Crippen LogP contribution in [0.3, 0.4) is 0 Å². The summed E-state index contributed by atoms with van der Waals surface area (Å²) in [6.45, 7) is 0.576. The van der Waals surface area contributed by atoms with E-state index in [0.717, 1.165) is 6.42 Å². The van der Waals surface area contributed by atoms with Crippen LogP contribution in [0.1, 0.15) is 23.3 Å². The van der Waals surface area contributed by atoms with Crippen LogP contribution in [0, 0.1) is 0 Å². The molecule has 4 N–H and O–H groups in total. The molecule has 0 spiro atoms. The van der Waals surface area contributed by atoms with Gasteiger partial charge in [0, 0.05) is 6.54 Å². The lowest BCUT2D eigenvalue weighted by Gasteiger charge is -2.22. The largest absolute Gasteiger partial charge is 0.409 e. The number of rotatable bonds is 2. The average molecular weight is 224 g/mol. The summed E-state index contributed by atoms with van der Waals surface area (Å²) in [5.74, 6) is -0.211. The smallest absolute Gasteiger partial charge is 0.276 e. The molecule has 8 nitrogen and oxygen atoms in total. The summed E-state index contributed by atoms with van der Waals surface area (Å²) in [5.41, 5.74) is 5.76. The number of carbonyl (C=O) groups excluding carboxylic acids is 1. The quantitative estimate of drug-likeness (QED) is 0.261. The number of nitrogens with one attached hydrogen (secondary N) is 1. The van der Waals surface area contributed by atoms with Crippen LogP contribution >= 0.6 is 0 Å². The minimum Gasteiger partial charge on any atom is -0.409 e. The molecule has 1 aromatic heterocycles. The highest BCUT2D eigenvalue weighted by Crippen LogP contribution is 2.19. The van der Waals surface area contributed by atoms with Crippen LogP contribution < -0.4 is 5.73 Å². The molecule has 1 unspecified atom stereocenters. The number of nitrogens with two attached hydrogens (primary N) is 1. The normalized spacial score (nSPS) is 21.4. The Morgan fingerprint density at radius 1 is 1.75 bits per heavy atom. The summed E-state index contributed by atoms with van der Waals surface area (Å²) in [6.07, 6.45) is 2.87. The van der Waals surface area contributed by atoms with Crippen LogP contribution in [0.25, 0.3) is 0 Å². The molecule has 1 aliphatic rings. The van der Waals surface area contributed by atoms with Crippen LogP contribution in [0.5, 0.6) is 0 Å². The Morgan fingerprint density at radius 2 is 2.56 bits per heavy atom. The van der Waals surface area contributed by atoms with E-state index in [9.17, 15) is 4.79 Å². The Kier molecular flexibility index (Phi) is 2.71. The molecule has 1 atom stereocenters. The Hall–Kier alpha value is -2.12. The van der Waals surface area contributed by atoms with Gasteiger partial charge in [-0.05, 0) is 12.8 Å². The molecule has 0 aromatic carbocycles. The molecular weight excluding hydrogens is 212 g/mol. The van der Waals surface area contributed by atoms with Crippen molar-refractivity contribution in [1.29, 1.82) is 0 Å². The molecular formula is C8H12N6O2. The minimum absolute atomic E-state index is 0.0503. The molecule has 1 aromatic rings. The second-order valence-corrected chi connectivity index (χ2v) is 3.54. The number of H-pyrrole nitrogens is 1. The average Bonchev–Trinajstić information content (AvgIpc) is 2.97. The molecule has 0 radical (unpaired) electrons. The Balaban J connectivity index is 2.18. The maximum Gasteiger partial charge on any atom is 0.276 e. The third kappa shape index (κ3) is 1.69. The minimum atomic E-state index is -0.353. The number of likely N-dealkylation sites (tertiary alicyclic amines) is 1. The predicted octanol–water partition coefficient (Wildman–Crippen LogP) is -0.844. The van der Waals surface area contributed by atoms with Gasteiger partial charge in [0.05, 0.1) is 12.2 Å². The number of hydrogen-bond acceptors (Lipinski definition) is 5. The number of aromatic nitrogens is 3. The Morgan fingerprint density at radius 3 is 3.19 bits per heavy atom. The Labute approximate surface area is 91.1 Å². The van der Waals surface area contributed by atoms with Gasteiger partial charge in [0.1, 0.15) is 0 Å². The first kappa shape index (κ1) is 10.4. The van der Waals surface area contributed by atoms with Crippen molar-refractivity contribution in [2.24, 2.45) is 10.9 Å². The molecule has 0 bridgehead atoms. The van der Waals surface area contributed by atoms with Crippen molar-refractivity contribution < 1.29 is 10.0 Å². The Bertz CT molecular complexity index is 401. The first-order valence-electron chi connectivity index (χ1n) is 4.88. The number of nitrogens with zero attached hydrogens (tertiary/aromatic N) is 4. The molecule has 8 heteroatoms. The van der Waals surface area contributed by atoms with Crippen LogP contribution in [-0.2, 0) is 0 Å². The van der Waals surface area contributed by atoms with E-state index in [0.29, 0.717) is 13.0 Å². The van der Waals surface area contributed by atoms with Gasteiger partial charge in [-0.1, -0.05) is 5.16 Å². The highest BCUT2D eigenvalue weighted by Gasteiger charge is 2.33. The summed E-state index contributed by atoms with van der Waals surface area (Å²) in [4.78, 5) is 13.5. The van der Waals surface area contributed by atoms with Crippen molar-refractivity contribution in [3.8, 4) is 0 Å². The standard InChI is InChI=1S/C8H12N6O2/c9-7(12-16)6-2-1-3-14(6)8(15)5-4-10-13-11-5/h4,6,16H,1-3H2,(H2,9,12)(H,10,11,13). The van der Waals surface area contributed by atoms with Crippen molar-refractivity contribution in [3.63, 3.8) is 0 Å². The van der Waals surface area contributed by atoms with Crippen LogP contribution in [0.4, 0.5) is 0 Å². The monoisotopic (exact) mass is 224 g/mol. The topological polar surface area (TPSA) is 120 Å². The van der Waals surface area contributed by atoms with E-state index >= 15 is 0 Å². The highest BCUT2D eigenvalue weighted by atomic mass is 16.4. The van der Waals surface area contributed by atoms with Crippen molar-refractivity contribution in [2.75, 3.05) is 6.54 Å². The van der Waals surface area contributed by atoms with Gasteiger partial charge in [-0.25, -0.2) is 0 Å². The second-order valence-electron chi connectivity index (χ2n) is 3.54. The summed E-state index contributed by atoms with van der Waals surface area (Å²) in [6, 6.07) is -0.353. The molecule has 2 rings (SSSR count). The summed E-state index contributed by atoms with van der Waals surface area (Å²) >= 11 is 0. The molecule has 1 fully saturated rings. The number of amides is 1. The first-order valence-corrected chi connectivity index (χ1v) is 4.88. The fraction of sp³-hybridized carbons (Fsp3) is 0.500. The maximum atomic E-state index is 12.0. The lowest BCUT2D eigenvalue weighted by molar-refractivity contribution is 0.0762. The summed E-state index contributed by atoms with van der Waals surface area (Å²) in [7, 11) is 0. The molecule has 0 saturated carbocycles. The van der Waals surface area contributed by atoms with E-state index in [2.05, 4.69) is 20.6 Å². The van der Waals surface area contributed by atoms with E-state index in [1.807, 2.05) is 0 Å². The van der Waals surface area contributed by atoms with Crippen molar-refractivity contribution in [3.05, 3.63) is 11.9 Å². The number of oxime groups is 1. The number of hydrogen-bond donors (Lipinski definition) is 3. The zero-order valence-corrected chi connectivity index (χ0v) is 8.50. The predicted molar refractivity (Wildman–Crippen MR) is 53.9 cm³/mol. The molecule has 1 aliphatic heterocycles. The van der Waals surface area contributed by atoms with Gasteiger partial charge < -0.3 is 15.8 Å².